The first-order chi connectivity index (χ1) is 7.78. The lowest BCUT2D eigenvalue weighted by Crippen LogP contribution is -2.25. The maximum absolute atomic E-state index is 12.0. The van der Waals surface area contributed by atoms with E-state index in [2.05, 4.69) is 4.18 Å². The molecule has 1 rings (SSSR count). The zero-order valence-electron chi connectivity index (χ0n) is 8.99. The number of hydrogen-bond donors (Lipinski definition) is 0. The van der Waals surface area contributed by atoms with Crippen LogP contribution < -0.4 is 0 Å². The van der Waals surface area contributed by atoms with Crippen LogP contribution in [0.15, 0.2) is 24.3 Å². The summed E-state index contributed by atoms with van der Waals surface area (Å²) < 4.78 is 61.3. The lowest BCUT2D eigenvalue weighted by atomic mass is 10.1. The zero-order valence-corrected chi connectivity index (χ0v) is 9.81. The van der Waals surface area contributed by atoms with Gasteiger partial charge in [0.15, 0.2) is 0 Å². The molecular formula is C10H11F3O3S. The van der Waals surface area contributed by atoms with E-state index < -0.39 is 22.2 Å². The van der Waals surface area contributed by atoms with Crippen LogP contribution >= 0.6 is 0 Å². The molecule has 1 aromatic rings. The molecule has 0 radical (unpaired) electrons. The molecule has 0 heterocycles. The largest absolute Gasteiger partial charge is 0.523 e. The van der Waals surface area contributed by atoms with Crippen LogP contribution in [0.3, 0.4) is 0 Å². The third kappa shape index (κ3) is 3.44. The van der Waals surface area contributed by atoms with Gasteiger partial charge in [-0.3, -0.25) is 4.18 Å². The van der Waals surface area contributed by atoms with Gasteiger partial charge in [-0.2, -0.15) is 21.6 Å². The second-order valence-corrected chi connectivity index (χ2v) is 4.89. The Morgan fingerprint density at radius 1 is 1.18 bits per heavy atom. The molecule has 0 bridgehead atoms. The quantitative estimate of drug-likeness (QED) is 0.622. The van der Waals surface area contributed by atoms with Gasteiger partial charge >= 0.3 is 15.6 Å². The maximum atomic E-state index is 12.0. The standard InChI is InChI=1S/C10H11F3O3S/c1-2-8-5-3-4-6-9(8)7-16-17(14,15)10(11,12)13/h3-6H,2,7H2,1H3. The van der Waals surface area contributed by atoms with Gasteiger partial charge in [0.25, 0.3) is 0 Å². The Kier molecular flexibility index (Phi) is 4.16. The summed E-state index contributed by atoms with van der Waals surface area (Å²) in [6.45, 7) is 1.21. The highest BCUT2D eigenvalue weighted by Gasteiger charge is 2.47. The van der Waals surface area contributed by atoms with E-state index in [1.807, 2.05) is 6.92 Å². The van der Waals surface area contributed by atoms with Gasteiger partial charge in [-0.25, -0.2) is 0 Å². The van der Waals surface area contributed by atoms with Crippen LogP contribution in [-0.2, 0) is 27.3 Å². The first-order valence-corrected chi connectivity index (χ1v) is 6.21. The molecule has 0 aliphatic rings. The second kappa shape index (κ2) is 5.05. The number of rotatable bonds is 4. The van der Waals surface area contributed by atoms with Crippen molar-refractivity contribution in [2.45, 2.75) is 25.5 Å². The number of benzene rings is 1. The normalized spacial score (nSPS) is 12.7. The van der Waals surface area contributed by atoms with Crippen molar-refractivity contribution in [2.75, 3.05) is 0 Å². The van der Waals surface area contributed by atoms with Crippen LogP contribution in [0.1, 0.15) is 18.1 Å². The molecule has 0 aliphatic heterocycles. The highest BCUT2D eigenvalue weighted by atomic mass is 32.2. The first kappa shape index (κ1) is 14.0. The predicted octanol–water partition coefficient (Wildman–Crippen LogP) is 2.62. The van der Waals surface area contributed by atoms with Crippen molar-refractivity contribution in [1.29, 1.82) is 0 Å². The fraction of sp³-hybridized carbons (Fsp3) is 0.400. The molecule has 96 valence electrons. The van der Waals surface area contributed by atoms with Crippen molar-refractivity contribution in [3.63, 3.8) is 0 Å². The Hall–Kier alpha value is -1.08. The molecule has 0 atom stereocenters. The smallest absolute Gasteiger partial charge is 0.258 e. The summed E-state index contributed by atoms with van der Waals surface area (Å²) >= 11 is 0. The SMILES string of the molecule is CCc1ccccc1COS(=O)(=O)C(F)(F)F. The first-order valence-electron chi connectivity index (χ1n) is 4.80. The molecule has 0 amide bonds. The van der Waals surface area contributed by atoms with Gasteiger partial charge < -0.3 is 0 Å². The second-order valence-electron chi connectivity index (χ2n) is 3.28. The van der Waals surface area contributed by atoms with E-state index in [1.54, 1.807) is 18.2 Å². The van der Waals surface area contributed by atoms with Crippen LogP contribution in [0.5, 0.6) is 0 Å². The van der Waals surface area contributed by atoms with Gasteiger partial charge in [0.1, 0.15) is 0 Å². The van der Waals surface area contributed by atoms with Crippen LogP contribution in [-0.4, -0.2) is 13.9 Å². The summed E-state index contributed by atoms with van der Waals surface area (Å²) in [6, 6.07) is 6.57. The van der Waals surface area contributed by atoms with Crippen LogP contribution in [0.25, 0.3) is 0 Å². The van der Waals surface area contributed by atoms with Gasteiger partial charge in [0, 0.05) is 0 Å². The average Bonchev–Trinajstić information content (AvgIpc) is 2.25. The van der Waals surface area contributed by atoms with E-state index in [1.165, 1.54) is 6.07 Å². The Morgan fingerprint density at radius 2 is 1.71 bits per heavy atom. The minimum atomic E-state index is -5.52. The lowest BCUT2D eigenvalue weighted by molar-refractivity contribution is -0.0548. The highest BCUT2D eigenvalue weighted by Crippen LogP contribution is 2.25. The van der Waals surface area contributed by atoms with Crippen molar-refractivity contribution in [2.24, 2.45) is 0 Å². The fourth-order valence-corrected chi connectivity index (χ4v) is 1.67. The van der Waals surface area contributed by atoms with E-state index in [0.717, 1.165) is 5.56 Å². The van der Waals surface area contributed by atoms with E-state index in [4.69, 9.17) is 0 Å². The van der Waals surface area contributed by atoms with E-state index in [9.17, 15) is 21.6 Å². The molecule has 17 heavy (non-hydrogen) atoms. The zero-order chi connectivity index (χ0) is 13.1. The summed E-state index contributed by atoms with van der Waals surface area (Å²) in [4.78, 5) is 0. The molecule has 0 saturated heterocycles. The molecule has 3 nitrogen and oxygen atoms in total. The molecule has 0 aliphatic carbocycles. The van der Waals surface area contributed by atoms with Crippen molar-refractivity contribution < 1.29 is 25.8 Å². The topological polar surface area (TPSA) is 43.4 Å². The van der Waals surface area contributed by atoms with Crippen molar-refractivity contribution in [1.82, 2.24) is 0 Å². The van der Waals surface area contributed by atoms with Gasteiger partial charge in [0.05, 0.1) is 6.61 Å². The maximum Gasteiger partial charge on any atom is 0.523 e. The van der Waals surface area contributed by atoms with Crippen LogP contribution in [0.4, 0.5) is 13.2 Å². The average molecular weight is 268 g/mol. The van der Waals surface area contributed by atoms with Crippen molar-refractivity contribution >= 4 is 10.1 Å². The Bertz CT molecular complexity index is 480. The molecule has 0 saturated carbocycles. The Labute approximate surface area is 97.3 Å². The number of halogens is 3. The number of hydrogen-bond acceptors (Lipinski definition) is 3. The minimum Gasteiger partial charge on any atom is -0.258 e. The molecular weight excluding hydrogens is 257 g/mol. The van der Waals surface area contributed by atoms with Crippen molar-refractivity contribution in [3.8, 4) is 0 Å². The molecule has 0 fully saturated rings. The van der Waals surface area contributed by atoms with Crippen molar-refractivity contribution in [3.05, 3.63) is 35.4 Å². The third-order valence-electron chi connectivity index (χ3n) is 2.15. The molecule has 0 aromatic heterocycles. The fourth-order valence-electron chi connectivity index (χ4n) is 1.25. The van der Waals surface area contributed by atoms with Gasteiger partial charge in [-0.1, -0.05) is 31.2 Å². The monoisotopic (exact) mass is 268 g/mol. The number of alkyl halides is 3. The van der Waals surface area contributed by atoms with E-state index >= 15 is 0 Å². The lowest BCUT2D eigenvalue weighted by Gasteiger charge is -2.10. The molecule has 0 unspecified atom stereocenters. The molecule has 0 N–H and O–H groups in total. The summed E-state index contributed by atoms with van der Waals surface area (Å²) in [6.07, 6.45) is 0.589. The van der Waals surface area contributed by atoms with Crippen LogP contribution in [0, 0.1) is 0 Å². The highest BCUT2D eigenvalue weighted by molar-refractivity contribution is 7.87. The summed E-state index contributed by atoms with van der Waals surface area (Å²) in [5.74, 6) is 0. The summed E-state index contributed by atoms with van der Waals surface area (Å²) in [5, 5.41) is 0. The van der Waals surface area contributed by atoms with E-state index in [0.29, 0.717) is 12.0 Å². The Balaban J connectivity index is 2.82. The van der Waals surface area contributed by atoms with Gasteiger partial charge in [-0.15, -0.1) is 0 Å². The van der Waals surface area contributed by atoms with Gasteiger partial charge in [-0.05, 0) is 17.5 Å². The Morgan fingerprint density at radius 3 is 2.18 bits per heavy atom. The number of aryl methyl sites for hydroxylation is 1. The molecule has 7 heteroatoms. The summed E-state index contributed by atoms with van der Waals surface area (Å²) in [5.41, 5.74) is -4.19. The van der Waals surface area contributed by atoms with Gasteiger partial charge in [0.2, 0.25) is 0 Å². The van der Waals surface area contributed by atoms with Crippen LogP contribution in [0.2, 0.25) is 0 Å². The third-order valence-corrected chi connectivity index (χ3v) is 3.15. The van der Waals surface area contributed by atoms with E-state index in [-0.39, 0.29) is 0 Å². The summed E-state index contributed by atoms with van der Waals surface area (Å²) in [7, 11) is -5.52. The predicted molar refractivity (Wildman–Crippen MR) is 55.6 cm³/mol. The molecule has 0 spiro atoms. The molecule has 1 aromatic carbocycles. The minimum absolute atomic E-state index is 0.433.